The van der Waals surface area contributed by atoms with Crippen LogP contribution in [0.4, 0.5) is 0 Å². The topological polar surface area (TPSA) is 38.3 Å². The molecule has 2 aromatic carbocycles. The van der Waals surface area contributed by atoms with Crippen molar-refractivity contribution in [1.82, 2.24) is 5.32 Å². The molecule has 0 saturated carbocycles. The largest absolute Gasteiger partial charge is 0.491 e. The van der Waals surface area contributed by atoms with E-state index in [4.69, 9.17) is 4.74 Å². The molecule has 0 saturated heterocycles. The summed E-state index contributed by atoms with van der Waals surface area (Å²) in [5.41, 5.74) is 5.84. The molecular weight excluding hydrogens is 286 g/mol. The first-order chi connectivity index (χ1) is 11.0. The summed E-state index contributed by atoms with van der Waals surface area (Å²) in [5.74, 6) is 0.900. The Labute approximate surface area is 138 Å². The van der Waals surface area contributed by atoms with Crippen LogP contribution in [0.1, 0.15) is 27.8 Å². The van der Waals surface area contributed by atoms with Crippen molar-refractivity contribution in [2.75, 3.05) is 13.2 Å². The molecule has 23 heavy (non-hydrogen) atoms. The van der Waals surface area contributed by atoms with Crippen molar-refractivity contribution in [1.29, 1.82) is 0 Å². The van der Waals surface area contributed by atoms with Gasteiger partial charge in [-0.2, -0.15) is 0 Å². The molecule has 1 N–H and O–H groups in total. The minimum atomic E-state index is 0.0254. The molecule has 3 heteroatoms. The average molecular weight is 311 g/mol. The van der Waals surface area contributed by atoms with Gasteiger partial charge in [-0.15, -0.1) is 0 Å². The summed E-state index contributed by atoms with van der Waals surface area (Å²) in [6.07, 6.45) is 0.407. The molecular formula is C20H25NO2. The van der Waals surface area contributed by atoms with Crippen molar-refractivity contribution in [3.63, 3.8) is 0 Å². The Hall–Kier alpha value is -2.29. The minimum absolute atomic E-state index is 0.0254. The number of hydrogen-bond acceptors (Lipinski definition) is 2. The van der Waals surface area contributed by atoms with Gasteiger partial charge < -0.3 is 10.1 Å². The summed E-state index contributed by atoms with van der Waals surface area (Å²) >= 11 is 0. The smallest absolute Gasteiger partial charge is 0.224 e. The highest BCUT2D eigenvalue weighted by molar-refractivity contribution is 5.78. The Balaban J connectivity index is 1.75. The van der Waals surface area contributed by atoms with Crippen molar-refractivity contribution in [2.24, 2.45) is 0 Å². The van der Waals surface area contributed by atoms with Crippen LogP contribution in [-0.2, 0) is 11.2 Å². The fourth-order valence-corrected chi connectivity index (χ4v) is 2.47. The van der Waals surface area contributed by atoms with Gasteiger partial charge in [-0.25, -0.2) is 0 Å². The minimum Gasteiger partial charge on any atom is -0.491 e. The van der Waals surface area contributed by atoms with Crippen LogP contribution in [0.15, 0.2) is 36.4 Å². The summed E-state index contributed by atoms with van der Waals surface area (Å²) < 4.78 is 5.71. The van der Waals surface area contributed by atoms with Gasteiger partial charge in [0.05, 0.1) is 13.0 Å². The predicted molar refractivity (Wildman–Crippen MR) is 94.0 cm³/mol. The second kappa shape index (κ2) is 7.82. The maximum Gasteiger partial charge on any atom is 0.224 e. The lowest BCUT2D eigenvalue weighted by molar-refractivity contribution is -0.120. The first-order valence-corrected chi connectivity index (χ1v) is 7.98. The molecule has 0 heterocycles. The van der Waals surface area contributed by atoms with Crippen molar-refractivity contribution in [3.8, 4) is 5.75 Å². The van der Waals surface area contributed by atoms with Crippen LogP contribution in [0, 0.1) is 27.7 Å². The van der Waals surface area contributed by atoms with Crippen LogP contribution in [0.2, 0.25) is 0 Å². The molecule has 0 spiro atoms. The summed E-state index contributed by atoms with van der Waals surface area (Å²) in [4.78, 5) is 12.0. The van der Waals surface area contributed by atoms with Crippen molar-refractivity contribution >= 4 is 5.91 Å². The van der Waals surface area contributed by atoms with Gasteiger partial charge in [0.1, 0.15) is 12.4 Å². The van der Waals surface area contributed by atoms with Gasteiger partial charge in [0, 0.05) is 0 Å². The molecule has 0 atom stereocenters. The lowest BCUT2D eigenvalue weighted by Crippen LogP contribution is -2.29. The molecule has 0 fully saturated rings. The van der Waals surface area contributed by atoms with Crippen LogP contribution in [0.3, 0.4) is 0 Å². The lowest BCUT2D eigenvalue weighted by Gasteiger charge is -2.11. The predicted octanol–water partition coefficient (Wildman–Crippen LogP) is 3.66. The maximum atomic E-state index is 12.0. The van der Waals surface area contributed by atoms with E-state index in [0.29, 0.717) is 19.6 Å². The van der Waals surface area contributed by atoms with Gasteiger partial charge in [-0.1, -0.05) is 35.9 Å². The second-order valence-corrected chi connectivity index (χ2v) is 6.06. The molecule has 122 valence electrons. The van der Waals surface area contributed by atoms with Gasteiger partial charge >= 0.3 is 0 Å². The van der Waals surface area contributed by atoms with Crippen molar-refractivity contribution in [2.45, 2.75) is 34.1 Å². The molecule has 0 unspecified atom stereocenters. The fraction of sp³-hybridized carbons (Fsp3) is 0.350. The Bertz CT molecular complexity index is 692. The van der Waals surface area contributed by atoms with Crippen molar-refractivity contribution in [3.05, 3.63) is 64.2 Å². The van der Waals surface area contributed by atoms with E-state index in [1.165, 1.54) is 16.7 Å². The molecule has 0 aromatic heterocycles. The highest BCUT2D eigenvalue weighted by Crippen LogP contribution is 2.18. The van der Waals surface area contributed by atoms with Gasteiger partial charge in [0.2, 0.25) is 5.91 Å². The van der Waals surface area contributed by atoms with E-state index >= 15 is 0 Å². The Morgan fingerprint density at radius 2 is 1.74 bits per heavy atom. The maximum absolute atomic E-state index is 12.0. The zero-order valence-corrected chi connectivity index (χ0v) is 14.4. The van der Waals surface area contributed by atoms with E-state index in [2.05, 4.69) is 44.3 Å². The number of carbonyl (C=O) groups excluding carboxylic acids is 1. The Morgan fingerprint density at radius 3 is 2.43 bits per heavy atom. The number of ether oxygens (including phenoxy) is 1. The third-order valence-corrected chi connectivity index (χ3v) is 3.95. The van der Waals surface area contributed by atoms with Crippen LogP contribution >= 0.6 is 0 Å². The van der Waals surface area contributed by atoms with E-state index in [0.717, 1.165) is 16.9 Å². The van der Waals surface area contributed by atoms with E-state index in [1.807, 2.05) is 25.1 Å². The lowest BCUT2D eigenvalue weighted by atomic mass is 10.0. The van der Waals surface area contributed by atoms with E-state index in [1.54, 1.807) is 0 Å². The van der Waals surface area contributed by atoms with Crippen LogP contribution in [0.25, 0.3) is 0 Å². The van der Waals surface area contributed by atoms with Gasteiger partial charge in [0.25, 0.3) is 0 Å². The number of rotatable bonds is 6. The quantitative estimate of drug-likeness (QED) is 0.827. The second-order valence-electron chi connectivity index (χ2n) is 6.06. The number of aryl methyl sites for hydroxylation is 4. The molecule has 2 rings (SSSR count). The Kier molecular flexibility index (Phi) is 5.80. The summed E-state index contributed by atoms with van der Waals surface area (Å²) in [7, 11) is 0. The fourth-order valence-electron chi connectivity index (χ4n) is 2.47. The molecule has 0 aliphatic heterocycles. The molecule has 2 aromatic rings. The van der Waals surface area contributed by atoms with Crippen LogP contribution < -0.4 is 10.1 Å². The number of nitrogens with one attached hydrogen (secondary N) is 1. The number of amides is 1. The van der Waals surface area contributed by atoms with Crippen molar-refractivity contribution < 1.29 is 9.53 Å². The molecule has 3 nitrogen and oxygen atoms in total. The number of hydrogen-bond donors (Lipinski definition) is 1. The number of benzene rings is 2. The summed E-state index contributed by atoms with van der Waals surface area (Å²) in [6, 6.07) is 12.2. The molecule has 1 amide bonds. The third-order valence-electron chi connectivity index (χ3n) is 3.95. The van der Waals surface area contributed by atoms with Gasteiger partial charge in [-0.05, 0) is 56.0 Å². The summed E-state index contributed by atoms with van der Waals surface area (Å²) in [5, 5.41) is 2.90. The van der Waals surface area contributed by atoms with Crippen LogP contribution in [0.5, 0.6) is 5.75 Å². The van der Waals surface area contributed by atoms with E-state index in [9.17, 15) is 4.79 Å². The third kappa shape index (κ3) is 5.13. The monoisotopic (exact) mass is 311 g/mol. The summed E-state index contributed by atoms with van der Waals surface area (Å²) in [6.45, 7) is 9.21. The molecule has 0 aliphatic rings. The van der Waals surface area contributed by atoms with Gasteiger partial charge in [0.15, 0.2) is 0 Å². The van der Waals surface area contributed by atoms with E-state index in [-0.39, 0.29) is 5.91 Å². The zero-order chi connectivity index (χ0) is 16.8. The first-order valence-electron chi connectivity index (χ1n) is 7.98. The van der Waals surface area contributed by atoms with E-state index < -0.39 is 0 Å². The molecule has 0 bridgehead atoms. The first kappa shape index (κ1) is 17.1. The van der Waals surface area contributed by atoms with Gasteiger partial charge in [-0.3, -0.25) is 4.79 Å². The Morgan fingerprint density at radius 1 is 0.957 bits per heavy atom. The highest BCUT2D eigenvalue weighted by atomic mass is 16.5. The number of carbonyl (C=O) groups is 1. The average Bonchev–Trinajstić information content (AvgIpc) is 2.49. The van der Waals surface area contributed by atoms with Crippen LogP contribution in [-0.4, -0.2) is 19.1 Å². The molecule has 0 radical (unpaired) electrons. The highest BCUT2D eigenvalue weighted by Gasteiger charge is 2.05. The SMILES string of the molecule is Cc1ccc(OCCNC(=O)Cc2ccc(C)c(C)c2)c(C)c1. The zero-order valence-electron chi connectivity index (χ0n) is 14.4. The standard InChI is InChI=1S/C20H25NO2/c1-14-5-8-19(17(4)11-14)23-10-9-21-20(22)13-18-7-6-15(2)16(3)12-18/h5-8,11-12H,9-10,13H2,1-4H3,(H,21,22). The normalized spacial score (nSPS) is 10.4. The molecule has 0 aliphatic carbocycles.